The first-order chi connectivity index (χ1) is 9.06. The van der Waals surface area contributed by atoms with Crippen LogP contribution >= 0.6 is 0 Å². The molecule has 2 rings (SSSR count). The van der Waals surface area contributed by atoms with E-state index in [1.165, 1.54) is 12.3 Å². The molecule has 104 valence electrons. The Morgan fingerprint density at radius 3 is 2.89 bits per heavy atom. The lowest BCUT2D eigenvalue weighted by molar-refractivity contribution is 0.0722. The number of carbonyl (C=O) groups excluding carboxylic acids is 1. The number of aromatic nitrogens is 1. The Labute approximate surface area is 113 Å². The Kier molecular flexibility index (Phi) is 4.02. The van der Waals surface area contributed by atoms with Crippen LogP contribution in [0.25, 0.3) is 0 Å². The van der Waals surface area contributed by atoms with Crippen LogP contribution in [0.1, 0.15) is 37.0 Å². The zero-order valence-electron chi connectivity index (χ0n) is 11.6. The summed E-state index contributed by atoms with van der Waals surface area (Å²) in [5.74, 6) is -0.143. The Balaban J connectivity index is 2.20. The van der Waals surface area contributed by atoms with E-state index in [0.717, 1.165) is 12.8 Å². The van der Waals surface area contributed by atoms with Crippen molar-refractivity contribution in [3.63, 3.8) is 0 Å². The number of hydrogen-bond donors (Lipinski definition) is 1. The highest BCUT2D eigenvalue weighted by Crippen LogP contribution is 2.35. The van der Waals surface area contributed by atoms with Gasteiger partial charge in [-0.1, -0.05) is 0 Å². The second-order valence-corrected chi connectivity index (χ2v) is 5.05. The molecule has 4 nitrogen and oxygen atoms in total. The van der Waals surface area contributed by atoms with Crippen LogP contribution < -0.4 is 5.32 Å². The van der Waals surface area contributed by atoms with Crippen molar-refractivity contribution in [2.24, 2.45) is 5.92 Å². The number of amides is 1. The minimum absolute atomic E-state index is 0.0842. The Morgan fingerprint density at radius 2 is 2.32 bits per heavy atom. The third kappa shape index (κ3) is 2.85. The standard InChI is InChI=1S/C14H20FN3O/c1-4-16-13-12(15)11(7-8-17-13)14(19)18(3)9(2)10-5-6-10/h7-10H,4-6H2,1-3H3,(H,16,17). The summed E-state index contributed by atoms with van der Waals surface area (Å²) in [4.78, 5) is 17.9. The van der Waals surface area contributed by atoms with Crippen molar-refractivity contribution < 1.29 is 9.18 Å². The van der Waals surface area contributed by atoms with Gasteiger partial charge in [0.05, 0.1) is 5.56 Å². The van der Waals surface area contributed by atoms with Gasteiger partial charge in [0.25, 0.3) is 5.91 Å². The molecule has 1 aliphatic rings. The summed E-state index contributed by atoms with van der Waals surface area (Å²) in [6, 6.07) is 1.59. The predicted octanol–water partition coefficient (Wildman–Crippen LogP) is 2.52. The number of halogens is 1. The quantitative estimate of drug-likeness (QED) is 0.889. The fourth-order valence-electron chi connectivity index (χ4n) is 2.17. The monoisotopic (exact) mass is 265 g/mol. The van der Waals surface area contributed by atoms with Crippen LogP contribution in [-0.4, -0.2) is 35.4 Å². The van der Waals surface area contributed by atoms with Crippen LogP contribution in [-0.2, 0) is 0 Å². The van der Waals surface area contributed by atoms with Gasteiger partial charge < -0.3 is 10.2 Å². The molecule has 5 heteroatoms. The van der Waals surface area contributed by atoms with E-state index in [1.807, 2.05) is 13.8 Å². The largest absolute Gasteiger partial charge is 0.368 e. The molecule has 1 fully saturated rings. The molecular weight excluding hydrogens is 245 g/mol. The zero-order chi connectivity index (χ0) is 14.0. The number of hydrogen-bond acceptors (Lipinski definition) is 3. The average molecular weight is 265 g/mol. The van der Waals surface area contributed by atoms with Crippen molar-refractivity contribution in [1.29, 1.82) is 0 Å². The molecule has 1 amide bonds. The summed E-state index contributed by atoms with van der Waals surface area (Å²) in [5, 5.41) is 2.82. The lowest BCUT2D eigenvalue weighted by Gasteiger charge is -2.25. The molecule has 1 N–H and O–H groups in total. The maximum absolute atomic E-state index is 14.2. The maximum atomic E-state index is 14.2. The fourth-order valence-corrected chi connectivity index (χ4v) is 2.17. The molecule has 0 aliphatic heterocycles. The van der Waals surface area contributed by atoms with E-state index in [9.17, 15) is 9.18 Å². The molecule has 1 saturated carbocycles. The van der Waals surface area contributed by atoms with Crippen molar-refractivity contribution in [2.45, 2.75) is 32.7 Å². The zero-order valence-corrected chi connectivity index (χ0v) is 11.6. The molecule has 1 aliphatic carbocycles. The summed E-state index contributed by atoms with van der Waals surface area (Å²) in [6.07, 6.45) is 3.77. The van der Waals surface area contributed by atoms with E-state index in [1.54, 1.807) is 11.9 Å². The van der Waals surface area contributed by atoms with Gasteiger partial charge >= 0.3 is 0 Å². The summed E-state index contributed by atoms with van der Waals surface area (Å²) in [5.41, 5.74) is 0.0842. The van der Waals surface area contributed by atoms with Gasteiger partial charge in [0, 0.05) is 25.8 Å². The molecule has 0 radical (unpaired) electrons. The minimum Gasteiger partial charge on any atom is -0.368 e. The Morgan fingerprint density at radius 1 is 1.63 bits per heavy atom. The smallest absolute Gasteiger partial charge is 0.257 e. The summed E-state index contributed by atoms with van der Waals surface area (Å²) < 4.78 is 14.2. The van der Waals surface area contributed by atoms with Crippen molar-refractivity contribution in [1.82, 2.24) is 9.88 Å². The van der Waals surface area contributed by atoms with E-state index in [0.29, 0.717) is 12.5 Å². The normalized spacial score (nSPS) is 16.0. The first-order valence-electron chi connectivity index (χ1n) is 6.71. The Hall–Kier alpha value is -1.65. The highest BCUT2D eigenvalue weighted by molar-refractivity contribution is 5.95. The molecule has 0 aromatic carbocycles. The van der Waals surface area contributed by atoms with Gasteiger partial charge in [-0.2, -0.15) is 0 Å². The van der Waals surface area contributed by atoms with Crippen LogP contribution in [0.4, 0.5) is 10.2 Å². The number of pyridine rings is 1. The van der Waals surface area contributed by atoms with Gasteiger partial charge in [0.15, 0.2) is 11.6 Å². The molecule has 0 bridgehead atoms. The van der Waals surface area contributed by atoms with Gasteiger partial charge in [-0.15, -0.1) is 0 Å². The molecule has 1 aromatic heterocycles. The SMILES string of the molecule is CCNc1nccc(C(=O)N(C)C(C)C2CC2)c1F. The molecule has 1 unspecified atom stereocenters. The van der Waals surface area contributed by atoms with Gasteiger partial charge in [0.1, 0.15) is 0 Å². The van der Waals surface area contributed by atoms with E-state index < -0.39 is 5.82 Å². The van der Waals surface area contributed by atoms with Crippen LogP contribution in [0.15, 0.2) is 12.3 Å². The first-order valence-corrected chi connectivity index (χ1v) is 6.71. The van der Waals surface area contributed by atoms with Crippen molar-refractivity contribution in [3.8, 4) is 0 Å². The second-order valence-electron chi connectivity index (χ2n) is 5.05. The van der Waals surface area contributed by atoms with E-state index in [4.69, 9.17) is 0 Å². The first kappa shape index (κ1) is 13.8. The third-order valence-corrected chi connectivity index (χ3v) is 3.70. The highest BCUT2D eigenvalue weighted by Gasteiger charge is 2.33. The van der Waals surface area contributed by atoms with Gasteiger partial charge in [0.2, 0.25) is 0 Å². The number of nitrogens with zero attached hydrogens (tertiary/aromatic N) is 2. The second kappa shape index (κ2) is 5.55. The lowest BCUT2D eigenvalue weighted by atomic mass is 10.1. The van der Waals surface area contributed by atoms with Crippen LogP contribution in [0.5, 0.6) is 0 Å². The minimum atomic E-state index is -0.566. The number of anilines is 1. The fraction of sp³-hybridized carbons (Fsp3) is 0.571. The molecule has 0 spiro atoms. The van der Waals surface area contributed by atoms with Gasteiger partial charge in [-0.25, -0.2) is 9.37 Å². The van der Waals surface area contributed by atoms with E-state index in [-0.39, 0.29) is 23.3 Å². The molecule has 1 atom stereocenters. The van der Waals surface area contributed by atoms with Gasteiger partial charge in [-0.3, -0.25) is 4.79 Å². The number of carbonyl (C=O) groups is 1. The molecule has 1 heterocycles. The summed E-state index contributed by atoms with van der Waals surface area (Å²) in [7, 11) is 1.73. The maximum Gasteiger partial charge on any atom is 0.257 e. The van der Waals surface area contributed by atoms with Crippen LogP contribution in [0, 0.1) is 11.7 Å². The molecule has 1 aromatic rings. The van der Waals surface area contributed by atoms with Crippen LogP contribution in [0.2, 0.25) is 0 Å². The molecule has 19 heavy (non-hydrogen) atoms. The topological polar surface area (TPSA) is 45.2 Å². The van der Waals surface area contributed by atoms with Crippen molar-refractivity contribution in [3.05, 3.63) is 23.6 Å². The number of nitrogens with one attached hydrogen (secondary N) is 1. The van der Waals surface area contributed by atoms with Crippen molar-refractivity contribution in [2.75, 3.05) is 18.9 Å². The lowest BCUT2D eigenvalue weighted by Crippen LogP contribution is -2.37. The summed E-state index contributed by atoms with van der Waals surface area (Å²) in [6.45, 7) is 4.44. The predicted molar refractivity (Wildman–Crippen MR) is 72.6 cm³/mol. The Bertz CT molecular complexity index is 474. The van der Waals surface area contributed by atoms with E-state index in [2.05, 4.69) is 10.3 Å². The van der Waals surface area contributed by atoms with Crippen molar-refractivity contribution >= 4 is 11.7 Å². The molecular formula is C14H20FN3O. The molecule has 0 saturated heterocycles. The van der Waals surface area contributed by atoms with Crippen LogP contribution in [0.3, 0.4) is 0 Å². The highest BCUT2D eigenvalue weighted by atomic mass is 19.1. The number of rotatable bonds is 5. The van der Waals surface area contributed by atoms with E-state index >= 15 is 0 Å². The van der Waals surface area contributed by atoms with Gasteiger partial charge in [-0.05, 0) is 38.7 Å². The third-order valence-electron chi connectivity index (χ3n) is 3.70. The summed E-state index contributed by atoms with van der Waals surface area (Å²) >= 11 is 0. The average Bonchev–Trinajstić information content (AvgIpc) is 3.23.